The van der Waals surface area contributed by atoms with Gasteiger partial charge in [0.25, 0.3) is 0 Å². The Kier molecular flexibility index (Phi) is 14.1. The molecule has 106 heavy (non-hydrogen) atoms. The van der Waals surface area contributed by atoms with Gasteiger partial charge in [0.2, 0.25) is 0 Å². The van der Waals surface area contributed by atoms with Crippen molar-refractivity contribution in [3.05, 3.63) is 329 Å². The number of aromatic nitrogens is 4. The van der Waals surface area contributed by atoms with Gasteiger partial charge >= 0.3 is 0 Å². The van der Waals surface area contributed by atoms with E-state index in [0.29, 0.717) is 66.6 Å². The van der Waals surface area contributed by atoms with Crippen LogP contribution in [0.2, 0.25) is 0 Å². The van der Waals surface area contributed by atoms with Crippen molar-refractivity contribution >= 4 is 155 Å². The fourth-order valence-corrected chi connectivity index (χ4v) is 23.4. The summed E-state index contributed by atoms with van der Waals surface area (Å²) in [6, 6.07) is 81.6. The van der Waals surface area contributed by atoms with Gasteiger partial charge in [-0.25, -0.2) is 0 Å². The number of thiophene rings is 4. The van der Waals surface area contributed by atoms with Gasteiger partial charge in [0.15, 0.2) is 11.6 Å². The van der Waals surface area contributed by atoms with Crippen molar-refractivity contribution in [3.63, 3.8) is 0 Å². The van der Waals surface area contributed by atoms with Gasteiger partial charge in [-0.1, -0.05) is 192 Å². The summed E-state index contributed by atoms with van der Waals surface area (Å²) in [7, 11) is 0. The number of Topliss-reactive ketones (excluding diaryl/α,β-unsaturated/α-hetero) is 2. The quantitative estimate of drug-likeness (QED) is 0.105. The van der Waals surface area contributed by atoms with Gasteiger partial charge in [0.1, 0.15) is 57.5 Å². The zero-order valence-corrected chi connectivity index (χ0v) is 61.5. The molecule has 496 valence electrons. The Hall–Kier alpha value is -12.3. The molecule has 0 unspecified atom stereocenters. The number of ketones is 2. The molecule has 4 aliphatic carbocycles. The Labute approximate surface area is 631 Å². The fourth-order valence-electron chi connectivity index (χ4n) is 16.9. The largest absolute Gasteiger partial charge is 0.289 e. The molecule has 0 fully saturated rings. The minimum Gasteiger partial charge on any atom is -0.289 e. The molecular formula is C90H48N8O2S6. The summed E-state index contributed by atoms with van der Waals surface area (Å²) in [6.45, 7) is 8.63. The lowest BCUT2D eigenvalue weighted by atomic mass is 9.66. The van der Waals surface area contributed by atoms with E-state index in [0.717, 1.165) is 64.5 Å². The van der Waals surface area contributed by atoms with E-state index in [-0.39, 0.29) is 33.9 Å². The first kappa shape index (κ1) is 63.4. The van der Waals surface area contributed by atoms with Crippen LogP contribution >= 0.6 is 68.8 Å². The predicted octanol–water partition coefficient (Wildman–Crippen LogP) is 22.9. The van der Waals surface area contributed by atoms with Crippen LogP contribution in [0.1, 0.15) is 110 Å². The monoisotopic (exact) mass is 1460 g/mol. The number of hydrogen-bond acceptors (Lipinski definition) is 16. The first-order chi connectivity index (χ1) is 51.8. The minimum atomic E-state index is -0.774. The number of nitrogens with zero attached hydrogens (tertiary/aromatic N) is 8. The van der Waals surface area contributed by atoms with Gasteiger partial charge < -0.3 is 0 Å². The topological polar surface area (TPSA) is 181 Å². The number of aryl methyl sites for hydroxylation is 4. The number of carbonyl (C=O) groups is 2. The Morgan fingerprint density at radius 1 is 0.368 bits per heavy atom. The lowest BCUT2D eigenvalue weighted by Gasteiger charge is -2.34. The summed E-state index contributed by atoms with van der Waals surface area (Å²) in [5.41, 5.74) is 24.1. The van der Waals surface area contributed by atoms with E-state index in [9.17, 15) is 30.6 Å². The number of nitriles is 4. The molecule has 0 saturated carbocycles. The van der Waals surface area contributed by atoms with Crippen LogP contribution in [-0.2, 0) is 10.8 Å². The van der Waals surface area contributed by atoms with Crippen LogP contribution < -0.4 is 0 Å². The molecule has 16 aromatic rings. The molecule has 0 N–H and O–H groups in total. The summed E-state index contributed by atoms with van der Waals surface area (Å²) in [5.74, 6) is -0.501. The molecule has 20 rings (SSSR count). The van der Waals surface area contributed by atoms with Gasteiger partial charge in [-0.2, -0.15) is 38.5 Å². The Morgan fingerprint density at radius 2 is 0.708 bits per heavy atom. The van der Waals surface area contributed by atoms with Crippen LogP contribution in [0.5, 0.6) is 0 Å². The molecule has 6 aromatic heterocycles. The van der Waals surface area contributed by atoms with E-state index in [1.54, 1.807) is 71.2 Å². The smallest absolute Gasteiger partial charge is 0.194 e. The van der Waals surface area contributed by atoms with Gasteiger partial charge in [-0.3, -0.25) is 9.59 Å². The SMILES string of the molecule is Cc1ccc(C2(c3ccc(C)cc3)c3cc4sc(-c5ccc(/C=C6\C(=O)c7ccccc7C6=C(C#N)C#N)c6nsnc56)cc4cc3-c3sc4c5c(sc4c32)-c2cc3cc(-c4ccc(/C=C6\C(=O)c7ccccc7C6=C(C#N)C#N)c6nsnc46)sc3cc2C5(c2ccc(C)cc2)c2ccc(C)cc2)cc1. The van der Waals surface area contributed by atoms with Gasteiger partial charge in [-0.05, 0) is 143 Å². The first-order valence-corrected chi connectivity index (χ1v) is 38.9. The summed E-state index contributed by atoms with van der Waals surface area (Å²) in [6.07, 6.45) is 3.52. The normalized spacial score (nSPS) is 14.9. The van der Waals surface area contributed by atoms with Gasteiger partial charge in [0.05, 0.1) is 43.7 Å². The highest BCUT2D eigenvalue weighted by atomic mass is 32.1. The number of fused-ring (bicyclic) bond motifs is 15. The molecule has 6 heterocycles. The van der Waals surface area contributed by atoms with E-state index in [2.05, 4.69) is 173 Å². The van der Waals surface area contributed by atoms with Crippen molar-refractivity contribution in [1.29, 1.82) is 21.0 Å². The van der Waals surface area contributed by atoms with Crippen molar-refractivity contribution in [2.24, 2.45) is 0 Å². The molecule has 0 saturated heterocycles. The van der Waals surface area contributed by atoms with E-state index in [4.69, 9.17) is 17.5 Å². The second-order valence-corrected chi connectivity index (χ2v) is 32.7. The van der Waals surface area contributed by atoms with E-state index < -0.39 is 10.8 Å². The number of allylic oxidation sites excluding steroid dienone is 6. The molecule has 0 radical (unpaired) electrons. The lowest BCUT2D eigenvalue weighted by Crippen LogP contribution is -2.29. The van der Waals surface area contributed by atoms with Crippen LogP contribution in [0.15, 0.2) is 229 Å². The van der Waals surface area contributed by atoms with E-state index in [1.807, 2.05) is 71.2 Å². The third-order valence-corrected chi connectivity index (χ3v) is 27.6. The summed E-state index contributed by atoms with van der Waals surface area (Å²) in [4.78, 5) is 32.8. The molecular weight excluding hydrogens is 1420 g/mol. The van der Waals surface area contributed by atoms with Crippen molar-refractivity contribution in [3.8, 4) is 66.0 Å². The third kappa shape index (κ3) is 8.86. The highest BCUT2D eigenvalue weighted by Gasteiger charge is 2.54. The summed E-state index contributed by atoms with van der Waals surface area (Å²) >= 11 is 9.53. The molecule has 16 heteroatoms. The maximum atomic E-state index is 14.1. The summed E-state index contributed by atoms with van der Waals surface area (Å²) < 4.78 is 24.3. The number of carbonyl (C=O) groups excluding carboxylic acids is 2. The van der Waals surface area contributed by atoms with Gasteiger partial charge in [-0.15, -0.1) is 45.3 Å². The molecule has 0 atom stereocenters. The average molecular weight is 1470 g/mol. The Balaban J connectivity index is 0.788. The highest BCUT2D eigenvalue weighted by Crippen LogP contribution is 2.69. The van der Waals surface area contributed by atoms with E-state index >= 15 is 0 Å². The first-order valence-electron chi connectivity index (χ1n) is 34.2. The second kappa shape index (κ2) is 23.6. The fraction of sp³-hybridized carbons (Fsp3) is 0.0667. The van der Waals surface area contributed by atoms with Crippen molar-refractivity contribution in [2.75, 3.05) is 0 Å². The predicted molar refractivity (Wildman–Crippen MR) is 431 cm³/mol. The maximum Gasteiger partial charge on any atom is 0.194 e. The minimum absolute atomic E-state index is 0.122. The molecule has 0 amide bonds. The van der Waals surface area contributed by atoms with Crippen molar-refractivity contribution in [1.82, 2.24) is 17.5 Å². The van der Waals surface area contributed by atoms with Crippen LogP contribution in [0.25, 0.3) is 117 Å². The lowest BCUT2D eigenvalue weighted by molar-refractivity contribution is 0.103. The molecule has 0 bridgehead atoms. The van der Waals surface area contributed by atoms with Gasteiger partial charge in [0, 0.05) is 95.7 Å². The molecule has 0 spiro atoms. The second-order valence-electron chi connectivity index (χ2n) is 27.5. The molecule has 10 aromatic carbocycles. The Morgan fingerprint density at radius 3 is 1.06 bits per heavy atom. The van der Waals surface area contributed by atoms with E-state index in [1.165, 1.54) is 97.0 Å². The molecule has 4 aliphatic rings. The van der Waals surface area contributed by atoms with Crippen molar-refractivity contribution in [2.45, 2.75) is 38.5 Å². The zero-order valence-electron chi connectivity index (χ0n) is 56.6. The maximum absolute atomic E-state index is 14.1. The molecule has 10 nitrogen and oxygen atoms in total. The van der Waals surface area contributed by atoms with Crippen LogP contribution in [0, 0.1) is 73.0 Å². The third-order valence-electron chi connectivity index (χ3n) is 21.7. The van der Waals surface area contributed by atoms with Crippen LogP contribution in [0.3, 0.4) is 0 Å². The number of hydrogen-bond donors (Lipinski definition) is 0. The average Bonchev–Trinajstić information content (AvgIpc) is 1.49. The summed E-state index contributed by atoms with van der Waals surface area (Å²) in [5, 5.41) is 42.8. The molecule has 0 aliphatic heterocycles. The van der Waals surface area contributed by atoms with Crippen LogP contribution in [0.4, 0.5) is 0 Å². The standard InChI is InChI=1S/C90H48N8O2S6/c1-45-13-23-55(24-14-45)89(56-25-15-46(2)16-26-56)69-39-71-51(37-73(101-71)63-31-21-49(79-81(63)97-105-95-79)33-67-75(53(41-91)42-92)59-9-5-7-11-61(59)83(67)99)35-65(69)85-77(89)87-88(103-85)78-86(104-87)66-36-52-38-74(102-72(52)40-70(66)90(78,57-27-17-47(3)18-28-57)58-29-19-48(4)20-30-58)64-32-22-50(80-82(64)98-106-96-80)34-68-76(54(43-93)44-94)60-10-6-8-12-62(60)84(68)100/h5-40H,1-4H3/b67-33-,68-34-. The highest BCUT2D eigenvalue weighted by molar-refractivity contribution is 7.32. The Bertz CT molecular complexity index is 6470. The van der Waals surface area contributed by atoms with Crippen LogP contribution in [-0.4, -0.2) is 29.1 Å². The number of benzene rings is 10. The number of rotatable bonds is 8. The van der Waals surface area contributed by atoms with Crippen molar-refractivity contribution < 1.29 is 9.59 Å². The zero-order chi connectivity index (χ0) is 71.8.